The van der Waals surface area contributed by atoms with Gasteiger partial charge in [0.2, 0.25) is 5.91 Å². The maximum absolute atomic E-state index is 13.3. The van der Waals surface area contributed by atoms with Gasteiger partial charge in [-0.05, 0) is 59.9 Å². The first kappa shape index (κ1) is 21.7. The Morgan fingerprint density at radius 3 is 2.52 bits per heavy atom. The number of likely N-dealkylation sites (tertiary alicyclic amines) is 1. The van der Waals surface area contributed by atoms with Crippen molar-refractivity contribution >= 4 is 22.6 Å². The minimum atomic E-state index is -0.433. The molecule has 2 fully saturated rings. The molecule has 0 bridgehead atoms. The molecule has 1 aliphatic heterocycles. The number of rotatable bonds is 7. The second-order valence-electron chi connectivity index (χ2n) is 9.44. The first-order valence-corrected chi connectivity index (χ1v) is 12.2. The van der Waals surface area contributed by atoms with Crippen LogP contribution >= 0.6 is 0 Å². The van der Waals surface area contributed by atoms with Crippen molar-refractivity contribution in [2.45, 2.75) is 63.6 Å². The summed E-state index contributed by atoms with van der Waals surface area (Å²) in [6, 6.07) is 24.4. The zero-order chi connectivity index (χ0) is 22.6. The van der Waals surface area contributed by atoms with Crippen molar-refractivity contribution in [3.63, 3.8) is 0 Å². The lowest BCUT2D eigenvalue weighted by atomic mass is 10.0. The van der Waals surface area contributed by atoms with Gasteiger partial charge in [0.1, 0.15) is 12.6 Å². The summed E-state index contributed by atoms with van der Waals surface area (Å²) in [5, 5.41) is 2.47. The molecule has 1 saturated heterocycles. The van der Waals surface area contributed by atoms with Crippen LogP contribution < -0.4 is 0 Å². The third-order valence-electron chi connectivity index (χ3n) is 7.29. The number of hydrogen-bond acceptors (Lipinski definition) is 3. The number of hydrogen-bond donors (Lipinski definition) is 0. The maximum atomic E-state index is 13.3. The highest BCUT2D eigenvalue weighted by Crippen LogP contribution is 2.42. The van der Waals surface area contributed by atoms with E-state index in [0.717, 1.165) is 44.1 Å². The summed E-state index contributed by atoms with van der Waals surface area (Å²) in [4.78, 5) is 28.2. The highest BCUT2D eigenvalue weighted by Gasteiger charge is 2.48. The Morgan fingerprint density at radius 1 is 0.879 bits per heavy atom. The van der Waals surface area contributed by atoms with E-state index in [9.17, 15) is 9.59 Å². The van der Waals surface area contributed by atoms with Crippen LogP contribution in [0.1, 0.15) is 49.7 Å². The molecule has 0 radical (unpaired) electrons. The van der Waals surface area contributed by atoms with Gasteiger partial charge in [0.25, 0.3) is 0 Å². The molecule has 3 aromatic rings. The smallest absolute Gasteiger partial charge is 0.329 e. The monoisotopic (exact) mass is 441 g/mol. The number of aryl methyl sites for hydroxylation is 1. The van der Waals surface area contributed by atoms with Gasteiger partial charge < -0.3 is 9.64 Å². The van der Waals surface area contributed by atoms with Gasteiger partial charge in [-0.25, -0.2) is 4.79 Å². The second kappa shape index (κ2) is 9.78. The van der Waals surface area contributed by atoms with Crippen LogP contribution in [-0.2, 0) is 27.4 Å². The lowest BCUT2D eigenvalue weighted by molar-refractivity contribution is -0.155. The zero-order valence-corrected chi connectivity index (χ0v) is 19.0. The van der Waals surface area contributed by atoms with Gasteiger partial charge in [-0.2, -0.15) is 0 Å². The topological polar surface area (TPSA) is 46.6 Å². The molecule has 0 aromatic heterocycles. The zero-order valence-electron chi connectivity index (χ0n) is 19.0. The van der Waals surface area contributed by atoms with Crippen LogP contribution in [0.15, 0.2) is 72.8 Å². The predicted octanol–water partition coefficient (Wildman–Crippen LogP) is 5.68. The molecule has 4 heteroatoms. The number of fused-ring (bicyclic) bond motifs is 2. The normalized spacial score (nSPS) is 21.8. The van der Waals surface area contributed by atoms with Gasteiger partial charge in [-0.3, -0.25) is 4.79 Å². The Kier molecular flexibility index (Phi) is 6.43. The molecule has 1 heterocycles. The Balaban J connectivity index is 1.21. The van der Waals surface area contributed by atoms with Crippen LogP contribution in [0, 0.1) is 5.92 Å². The standard InChI is InChI=1S/C29H31NO3/c31-28(15-6-10-21-16-17-23-11-4-5-12-24(23)18-21)30-26-14-7-13-25(26)19-27(30)29(32)33-20-22-8-2-1-3-9-22/h1-5,8-9,11-12,16-18,25-27H,6-7,10,13-15,19-20H2/t25-,26-,27-/m0/s1. The molecule has 0 spiro atoms. The highest BCUT2D eigenvalue weighted by atomic mass is 16.5. The van der Waals surface area contributed by atoms with E-state index in [1.54, 1.807) is 0 Å². The van der Waals surface area contributed by atoms with Crippen LogP contribution in [0.2, 0.25) is 0 Å². The average molecular weight is 442 g/mol. The van der Waals surface area contributed by atoms with E-state index in [4.69, 9.17) is 4.74 Å². The largest absolute Gasteiger partial charge is 0.459 e. The number of benzene rings is 3. The number of amides is 1. The second-order valence-corrected chi connectivity index (χ2v) is 9.44. The number of carbonyl (C=O) groups is 2. The summed E-state index contributed by atoms with van der Waals surface area (Å²) < 4.78 is 5.64. The predicted molar refractivity (Wildman–Crippen MR) is 130 cm³/mol. The summed E-state index contributed by atoms with van der Waals surface area (Å²) in [5.74, 6) is 0.284. The van der Waals surface area contributed by atoms with Crippen molar-refractivity contribution in [3.8, 4) is 0 Å². The summed E-state index contributed by atoms with van der Waals surface area (Å²) in [7, 11) is 0. The fraction of sp³-hybridized carbons (Fsp3) is 0.379. The third-order valence-corrected chi connectivity index (χ3v) is 7.29. The van der Waals surface area contributed by atoms with Crippen LogP contribution in [0.25, 0.3) is 10.8 Å². The Labute approximate surface area is 195 Å². The molecular weight excluding hydrogens is 410 g/mol. The van der Waals surface area contributed by atoms with Gasteiger partial charge in [-0.15, -0.1) is 0 Å². The molecule has 1 amide bonds. The van der Waals surface area contributed by atoms with Crippen molar-refractivity contribution in [1.82, 2.24) is 4.90 Å². The summed E-state index contributed by atoms with van der Waals surface area (Å²) in [6.45, 7) is 0.259. The van der Waals surface area contributed by atoms with Crippen molar-refractivity contribution in [2.24, 2.45) is 5.92 Å². The first-order valence-electron chi connectivity index (χ1n) is 12.2. The van der Waals surface area contributed by atoms with Gasteiger partial charge >= 0.3 is 5.97 Å². The number of ether oxygens (including phenoxy) is 1. The van der Waals surface area contributed by atoms with Crippen LogP contribution in [0.5, 0.6) is 0 Å². The molecule has 33 heavy (non-hydrogen) atoms. The van der Waals surface area contributed by atoms with E-state index in [-0.39, 0.29) is 24.5 Å². The maximum Gasteiger partial charge on any atom is 0.329 e. The number of carbonyl (C=O) groups excluding carboxylic acids is 2. The molecule has 5 rings (SSSR count). The van der Waals surface area contributed by atoms with E-state index < -0.39 is 6.04 Å². The van der Waals surface area contributed by atoms with E-state index >= 15 is 0 Å². The van der Waals surface area contributed by atoms with Crippen molar-refractivity contribution in [1.29, 1.82) is 0 Å². The van der Waals surface area contributed by atoms with Crippen LogP contribution in [0.3, 0.4) is 0 Å². The molecule has 4 nitrogen and oxygen atoms in total. The Bertz CT molecular complexity index is 1130. The molecule has 3 atom stereocenters. The lowest BCUT2D eigenvalue weighted by Crippen LogP contribution is -2.45. The van der Waals surface area contributed by atoms with E-state index in [1.807, 2.05) is 41.3 Å². The number of nitrogens with zero attached hydrogens (tertiary/aromatic N) is 1. The molecule has 0 N–H and O–H groups in total. The van der Waals surface area contributed by atoms with Crippen LogP contribution in [0.4, 0.5) is 0 Å². The number of esters is 1. The molecule has 1 aliphatic carbocycles. The van der Waals surface area contributed by atoms with Gasteiger partial charge in [-0.1, -0.05) is 79.2 Å². The summed E-state index contributed by atoms with van der Waals surface area (Å²) >= 11 is 0. The molecule has 1 saturated carbocycles. The lowest BCUT2D eigenvalue weighted by Gasteiger charge is -2.29. The fourth-order valence-electron chi connectivity index (χ4n) is 5.65. The van der Waals surface area contributed by atoms with Crippen LogP contribution in [-0.4, -0.2) is 28.9 Å². The SMILES string of the molecule is O=C(OCc1ccccc1)[C@@H]1C[C@@H]2CCC[C@@H]2N1C(=O)CCCc1ccc2ccccc2c1. The Hall–Kier alpha value is -3.14. The summed E-state index contributed by atoms with van der Waals surface area (Å²) in [5.41, 5.74) is 2.22. The molecule has 2 aliphatic rings. The highest BCUT2D eigenvalue weighted by molar-refractivity contribution is 5.86. The first-order chi connectivity index (χ1) is 16.2. The minimum Gasteiger partial charge on any atom is -0.459 e. The summed E-state index contributed by atoms with van der Waals surface area (Å²) in [6.07, 6.45) is 6.12. The van der Waals surface area contributed by atoms with E-state index in [2.05, 4.69) is 36.4 Å². The van der Waals surface area contributed by atoms with Gasteiger partial charge in [0.05, 0.1) is 0 Å². The molecule has 3 aromatic carbocycles. The average Bonchev–Trinajstić information content (AvgIpc) is 3.44. The van der Waals surface area contributed by atoms with Crippen molar-refractivity contribution < 1.29 is 14.3 Å². The molecule has 0 unspecified atom stereocenters. The fourth-order valence-corrected chi connectivity index (χ4v) is 5.65. The quantitative estimate of drug-likeness (QED) is 0.444. The van der Waals surface area contributed by atoms with E-state index in [1.165, 1.54) is 16.3 Å². The molecule has 170 valence electrons. The van der Waals surface area contributed by atoms with Gasteiger partial charge in [0, 0.05) is 12.5 Å². The Morgan fingerprint density at radius 2 is 1.67 bits per heavy atom. The van der Waals surface area contributed by atoms with E-state index in [0.29, 0.717) is 12.3 Å². The van der Waals surface area contributed by atoms with Crippen molar-refractivity contribution in [2.75, 3.05) is 0 Å². The minimum absolute atomic E-state index is 0.104. The third kappa shape index (κ3) is 4.80. The van der Waals surface area contributed by atoms with Crippen molar-refractivity contribution in [3.05, 3.63) is 83.9 Å². The molecular formula is C29H31NO3. The van der Waals surface area contributed by atoms with Gasteiger partial charge in [0.15, 0.2) is 0 Å².